The number of aromatic amines is 1. The van der Waals surface area contributed by atoms with Gasteiger partial charge in [0.25, 0.3) is 5.91 Å². The molecule has 0 saturated heterocycles. The lowest BCUT2D eigenvalue weighted by Crippen LogP contribution is -2.36. The van der Waals surface area contributed by atoms with E-state index in [0.717, 1.165) is 40.0 Å². The van der Waals surface area contributed by atoms with Crippen LogP contribution < -0.4 is 0 Å². The number of methoxy groups -OCH3 is 1. The second-order valence-corrected chi connectivity index (χ2v) is 7.73. The van der Waals surface area contributed by atoms with E-state index in [4.69, 9.17) is 4.74 Å². The molecule has 3 heterocycles. The van der Waals surface area contributed by atoms with E-state index in [1.54, 1.807) is 10.7 Å². The molecule has 1 aliphatic rings. The van der Waals surface area contributed by atoms with Crippen LogP contribution in [-0.2, 0) is 17.7 Å². The number of fused-ring (bicyclic) bond motifs is 3. The molecule has 0 unspecified atom stereocenters. The minimum Gasteiger partial charge on any atom is -0.465 e. The number of H-pyrrole nitrogens is 1. The maximum absolute atomic E-state index is 13.3. The highest BCUT2D eigenvalue weighted by Gasteiger charge is 2.27. The zero-order chi connectivity index (χ0) is 21.5. The van der Waals surface area contributed by atoms with Gasteiger partial charge >= 0.3 is 5.97 Å². The quantitative estimate of drug-likeness (QED) is 0.519. The number of hydrogen-bond donors (Lipinski definition) is 1. The smallest absolute Gasteiger partial charge is 0.337 e. The minimum absolute atomic E-state index is 0.0955. The Morgan fingerprint density at radius 2 is 1.90 bits per heavy atom. The van der Waals surface area contributed by atoms with Gasteiger partial charge < -0.3 is 14.6 Å². The number of carbonyl (C=O) groups excluding carboxylic acids is 2. The molecule has 2 aromatic heterocycles. The van der Waals surface area contributed by atoms with Gasteiger partial charge in [0.2, 0.25) is 0 Å². The molecule has 5 rings (SSSR count). The van der Waals surface area contributed by atoms with Crippen LogP contribution in [0.15, 0.2) is 54.6 Å². The summed E-state index contributed by atoms with van der Waals surface area (Å²) in [5.41, 5.74) is 5.86. The fourth-order valence-electron chi connectivity index (χ4n) is 4.20. The summed E-state index contributed by atoms with van der Waals surface area (Å²) < 4.78 is 6.64. The standard InChI is InChI=1S/C24H22N4O3/c1-15-12-22(26-28(15)17-6-4-3-5-7-17)23(29)27-11-10-21-19(14-27)18-13-16(24(30)31-2)8-9-20(18)25-21/h3-9,12-13,25H,10-11,14H2,1-2H3. The van der Waals surface area contributed by atoms with Crippen molar-refractivity contribution in [2.24, 2.45) is 0 Å². The highest BCUT2D eigenvalue weighted by Crippen LogP contribution is 2.29. The zero-order valence-electron chi connectivity index (χ0n) is 17.4. The molecule has 2 aromatic carbocycles. The van der Waals surface area contributed by atoms with Gasteiger partial charge in [-0.2, -0.15) is 5.10 Å². The normalized spacial score (nSPS) is 13.3. The summed E-state index contributed by atoms with van der Waals surface area (Å²) in [6.45, 7) is 3.02. The van der Waals surface area contributed by atoms with Crippen LogP contribution in [0.25, 0.3) is 16.6 Å². The average Bonchev–Trinajstić information content (AvgIpc) is 3.38. The van der Waals surface area contributed by atoms with Crippen molar-refractivity contribution in [2.45, 2.75) is 19.9 Å². The van der Waals surface area contributed by atoms with Crippen LogP contribution >= 0.6 is 0 Å². The Morgan fingerprint density at radius 3 is 2.68 bits per heavy atom. The predicted molar refractivity (Wildman–Crippen MR) is 116 cm³/mol. The maximum Gasteiger partial charge on any atom is 0.337 e. The van der Waals surface area contributed by atoms with Gasteiger partial charge in [0.1, 0.15) is 0 Å². The van der Waals surface area contributed by atoms with Crippen LogP contribution in [0.1, 0.15) is 37.8 Å². The lowest BCUT2D eigenvalue weighted by Gasteiger charge is -2.26. The van der Waals surface area contributed by atoms with E-state index in [1.165, 1.54) is 7.11 Å². The first-order valence-electron chi connectivity index (χ1n) is 10.2. The highest BCUT2D eigenvalue weighted by molar-refractivity contribution is 5.97. The number of rotatable bonds is 3. The van der Waals surface area contributed by atoms with Crippen molar-refractivity contribution < 1.29 is 14.3 Å². The molecule has 0 bridgehead atoms. The van der Waals surface area contributed by atoms with Gasteiger partial charge in [-0.15, -0.1) is 0 Å². The van der Waals surface area contributed by atoms with Crippen molar-refractivity contribution in [2.75, 3.05) is 13.7 Å². The summed E-state index contributed by atoms with van der Waals surface area (Å²) in [6.07, 6.45) is 0.724. The number of hydrogen-bond acceptors (Lipinski definition) is 4. The van der Waals surface area contributed by atoms with Crippen molar-refractivity contribution in [3.05, 3.63) is 82.8 Å². The number of ether oxygens (including phenoxy) is 1. The van der Waals surface area contributed by atoms with Crippen LogP contribution in [0.4, 0.5) is 0 Å². The van der Waals surface area contributed by atoms with Gasteiger partial charge in [-0.3, -0.25) is 4.79 Å². The van der Waals surface area contributed by atoms with Crippen molar-refractivity contribution >= 4 is 22.8 Å². The predicted octanol–water partition coefficient (Wildman–Crippen LogP) is 3.65. The average molecular weight is 414 g/mol. The van der Waals surface area contributed by atoms with Crippen LogP contribution in [0, 0.1) is 6.92 Å². The van der Waals surface area contributed by atoms with E-state index in [2.05, 4.69) is 10.1 Å². The molecule has 31 heavy (non-hydrogen) atoms. The highest BCUT2D eigenvalue weighted by atomic mass is 16.5. The molecule has 0 radical (unpaired) electrons. The third-order valence-corrected chi connectivity index (χ3v) is 5.79. The first-order chi connectivity index (χ1) is 15.0. The van der Waals surface area contributed by atoms with E-state index < -0.39 is 0 Å². The molecule has 0 atom stereocenters. The second-order valence-electron chi connectivity index (χ2n) is 7.73. The maximum atomic E-state index is 13.3. The third kappa shape index (κ3) is 3.28. The molecule has 0 fully saturated rings. The van der Waals surface area contributed by atoms with Crippen molar-refractivity contribution in [3.8, 4) is 5.69 Å². The fourth-order valence-corrected chi connectivity index (χ4v) is 4.20. The van der Waals surface area contributed by atoms with Crippen LogP contribution in [0.5, 0.6) is 0 Å². The van der Waals surface area contributed by atoms with E-state index in [0.29, 0.717) is 24.3 Å². The summed E-state index contributed by atoms with van der Waals surface area (Å²) in [5, 5.41) is 5.51. The Morgan fingerprint density at radius 1 is 1.10 bits per heavy atom. The van der Waals surface area contributed by atoms with Gasteiger partial charge in [-0.05, 0) is 43.3 Å². The lowest BCUT2D eigenvalue weighted by atomic mass is 10.0. The molecule has 7 heteroatoms. The summed E-state index contributed by atoms with van der Waals surface area (Å²) in [7, 11) is 1.37. The van der Waals surface area contributed by atoms with Crippen LogP contribution in [0.3, 0.4) is 0 Å². The number of nitrogens with one attached hydrogen (secondary N) is 1. The number of aryl methyl sites for hydroxylation is 1. The summed E-state index contributed by atoms with van der Waals surface area (Å²) >= 11 is 0. The fraction of sp³-hybridized carbons (Fsp3) is 0.208. The molecule has 1 N–H and O–H groups in total. The molecule has 0 spiro atoms. The van der Waals surface area contributed by atoms with Gasteiger partial charge in [0.05, 0.1) is 18.4 Å². The largest absolute Gasteiger partial charge is 0.465 e. The van der Waals surface area contributed by atoms with Gasteiger partial charge in [-0.1, -0.05) is 18.2 Å². The number of nitrogens with zero attached hydrogens (tertiary/aromatic N) is 3. The first-order valence-corrected chi connectivity index (χ1v) is 10.2. The molecular weight excluding hydrogens is 392 g/mol. The number of amides is 1. The van der Waals surface area contributed by atoms with Crippen molar-refractivity contribution in [1.29, 1.82) is 0 Å². The SMILES string of the molecule is COC(=O)c1ccc2[nH]c3c(c2c1)CN(C(=O)c1cc(C)n(-c2ccccc2)n1)CC3. The Labute approximate surface area is 179 Å². The number of aromatic nitrogens is 3. The number of esters is 1. The van der Waals surface area contributed by atoms with E-state index in [-0.39, 0.29) is 11.9 Å². The minimum atomic E-state index is -0.373. The van der Waals surface area contributed by atoms with E-state index >= 15 is 0 Å². The number of carbonyl (C=O) groups is 2. The second kappa shape index (κ2) is 7.43. The molecule has 4 aromatic rings. The Balaban J connectivity index is 1.45. The summed E-state index contributed by atoms with van der Waals surface area (Å²) in [6, 6.07) is 17.1. The third-order valence-electron chi connectivity index (χ3n) is 5.79. The molecule has 156 valence electrons. The summed E-state index contributed by atoms with van der Waals surface area (Å²) in [5.74, 6) is -0.468. The molecule has 1 amide bonds. The molecular formula is C24H22N4O3. The number of benzene rings is 2. The Bertz CT molecular complexity index is 1300. The summed E-state index contributed by atoms with van der Waals surface area (Å²) in [4.78, 5) is 30.4. The van der Waals surface area contributed by atoms with E-state index in [1.807, 2.05) is 60.4 Å². The van der Waals surface area contributed by atoms with Crippen molar-refractivity contribution in [3.63, 3.8) is 0 Å². The Hall–Kier alpha value is -3.87. The number of para-hydroxylation sites is 1. The zero-order valence-corrected chi connectivity index (χ0v) is 17.4. The first kappa shape index (κ1) is 19.1. The lowest BCUT2D eigenvalue weighted by molar-refractivity contribution is 0.0600. The molecule has 7 nitrogen and oxygen atoms in total. The van der Waals surface area contributed by atoms with E-state index in [9.17, 15) is 9.59 Å². The molecule has 0 saturated carbocycles. The monoisotopic (exact) mass is 414 g/mol. The Kier molecular flexibility index (Phi) is 4.58. The van der Waals surface area contributed by atoms with Gasteiger partial charge in [0.15, 0.2) is 5.69 Å². The molecule has 0 aliphatic carbocycles. The van der Waals surface area contributed by atoms with Gasteiger partial charge in [0, 0.05) is 47.4 Å². The van der Waals surface area contributed by atoms with Crippen LogP contribution in [0.2, 0.25) is 0 Å². The molecule has 1 aliphatic heterocycles. The topological polar surface area (TPSA) is 80.2 Å². The van der Waals surface area contributed by atoms with Crippen molar-refractivity contribution in [1.82, 2.24) is 19.7 Å². The van der Waals surface area contributed by atoms with Crippen LogP contribution in [-0.4, -0.2) is 45.2 Å². The van der Waals surface area contributed by atoms with Gasteiger partial charge in [-0.25, -0.2) is 9.48 Å².